The molecule has 4 nitrogen and oxygen atoms in total. The fourth-order valence-electron chi connectivity index (χ4n) is 2.94. The monoisotopic (exact) mass is 492 g/mol. The molecule has 0 unspecified atom stereocenters. The van der Waals surface area contributed by atoms with Crippen LogP contribution < -0.4 is 9.47 Å². The molecule has 0 heterocycles. The molecule has 0 aliphatic heterocycles. The van der Waals surface area contributed by atoms with E-state index >= 15 is 0 Å². The molecule has 0 radical (unpaired) electrons. The van der Waals surface area contributed by atoms with Gasteiger partial charge in [0.1, 0.15) is 6.61 Å². The fourth-order valence-corrected chi connectivity index (χ4v) is 3.71. The first-order valence-corrected chi connectivity index (χ1v) is 10.7. The summed E-state index contributed by atoms with van der Waals surface area (Å²) in [5, 5.41) is 19.4. The van der Waals surface area contributed by atoms with Gasteiger partial charge in [-0.25, -0.2) is 0 Å². The molecule has 3 aromatic rings. The van der Waals surface area contributed by atoms with Crippen LogP contribution in [0.15, 0.2) is 65.1 Å². The van der Waals surface area contributed by atoms with Gasteiger partial charge in [0.2, 0.25) is 0 Å². The third-order valence-corrected chi connectivity index (χ3v) is 5.35. The molecule has 0 saturated carbocycles. The highest BCUT2D eigenvalue weighted by atomic mass is 79.9. The predicted molar refractivity (Wildman–Crippen MR) is 126 cm³/mol. The van der Waals surface area contributed by atoms with Crippen LogP contribution in [0, 0.1) is 22.7 Å². The van der Waals surface area contributed by atoms with Gasteiger partial charge in [-0.15, -0.1) is 0 Å². The lowest BCUT2D eigenvalue weighted by atomic mass is 10.0. The van der Waals surface area contributed by atoms with Crippen molar-refractivity contribution in [2.75, 3.05) is 6.61 Å². The van der Waals surface area contributed by atoms with E-state index in [-0.39, 0.29) is 6.61 Å². The van der Waals surface area contributed by atoms with Crippen molar-refractivity contribution in [3.63, 3.8) is 0 Å². The Kier molecular flexibility index (Phi) is 7.73. The van der Waals surface area contributed by atoms with E-state index in [4.69, 9.17) is 26.3 Å². The molecular formula is C25H18BrClN2O2. The molecule has 0 N–H and O–H groups in total. The van der Waals surface area contributed by atoms with Crippen molar-refractivity contribution >= 4 is 39.2 Å². The molecule has 0 atom stereocenters. The van der Waals surface area contributed by atoms with Crippen LogP contribution in [0.4, 0.5) is 0 Å². The minimum atomic E-state index is 0.290. The first-order chi connectivity index (χ1) is 15.0. The van der Waals surface area contributed by atoms with Crippen LogP contribution in [0.1, 0.15) is 29.2 Å². The van der Waals surface area contributed by atoms with Crippen LogP contribution in [-0.2, 0) is 6.61 Å². The van der Waals surface area contributed by atoms with Crippen LogP contribution in [0.3, 0.4) is 0 Å². The second-order valence-corrected chi connectivity index (χ2v) is 7.77. The Morgan fingerprint density at radius 3 is 2.58 bits per heavy atom. The molecule has 154 valence electrons. The van der Waals surface area contributed by atoms with E-state index in [0.717, 1.165) is 11.1 Å². The van der Waals surface area contributed by atoms with E-state index in [2.05, 4.69) is 28.1 Å². The van der Waals surface area contributed by atoms with Gasteiger partial charge >= 0.3 is 0 Å². The average molecular weight is 494 g/mol. The lowest BCUT2D eigenvalue weighted by Crippen LogP contribution is -2.01. The summed E-state index contributed by atoms with van der Waals surface area (Å²) in [6.45, 7) is 2.64. The highest BCUT2D eigenvalue weighted by molar-refractivity contribution is 9.10. The Balaban J connectivity index is 1.95. The van der Waals surface area contributed by atoms with Crippen LogP contribution in [-0.4, -0.2) is 6.61 Å². The summed E-state index contributed by atoms with van der Waals surface area (Å²) in [7, 11) is 0. The lowest BCUT2D eigenvalue weighted by molar-refractivity contribution is 0.267. The molecule has 0 aromatic heterocycles. The van der Waals surface area contributed by atoms with Crippen molar-refractivity contribution in [1.29, 1.82) is 10.5 Å². The second kappa shape index (κ2) is 10.7. The maximum absolute atomic E-state index is 9.66. The number of nitriles is 2. The summed E-state index contributed by atoms with van der Waals surface area (Å²) >= 11 is 9.79. The van der Waals surface area contributed by atoms with E-state index in [1.165, 1.54) is 0 Å². The molecule has 3 rings (SSSR count). The van der Waals surface area contributed by atoms with Crippen LogP contribution in [0.2, 0.25) is 5.02 Å². The molecule has 0 saturated heterocycles. The minimum absolute atomic E-state index is 0.290. The molecule has 0 spiro atoms. The number of benzene rings is 3. The summed E-state index contributed by atoms with van der Waals surface area (Å²) in [5.41, 5.74) is 3.25. The second-order valence-electron chi connectivity index (χ2n) is 6.51. The molecule has 0 bridgehead atoms. The highest BCUT2D eigenvalue weighted by Gasteiger charge is 2.14. The van der Waals surface area contributed by atoms with Crippen molar-refractivity contribution in [2.24, 2.45) is 0 Å². The summed E-state index contributed by atoms with van der Waals surface area (Å²) in [6.07, 6.45) is 1.75. The molecular weight excluding hydrogens is 476 g/mol. The molecule has 3 aromatic carbocycles. The first-order valence-electron chi connectivity index (χ1n) is 9.50. The van der Waals surface area contributed by atoms with Gasteiger partial charge < -0.3 is 9.47 Å². The van der Waals surface area contributed by atoms with Gasteiger partial charge in [0.25, 0.3) is 0 Å². The van der Waals surface area contributed by atoms with Gasteiger partial charge in [-0.2, -0.15) is 10.5 Å². The highest BCUT2D eigenvalue weighted by Crippen LogP contribution is 2.38. The smallest absolute Gasteiger partial charge is 0.175 e. The Morgan fingerprint density at radius 1 is 1.06 bits per heavy atom. The summed E-state index contributed by atoms with van der Waals surface area (Å²) < 4.78 is 12.5. The number of halogens is 2. The van der Waals surface area contributed by atoms with Gasteiger partial charge in [0, 0.05) is 10.6 Å². The van der Waals surface area contributed by atoms with Crippen molar-refractivity contribution in [1.82, 2.24) is 0 Å². The molecule has 0 amide bonds. The molecule has 0 aliphatic rings. The van der Waals surface area contributed by atoms with E-state index in [0.29, 0.717) is 44.3 Å². The maximum atomic E-state index is 9.66. The lowest BCUT2D eigenvalue weighted by Gasteiger charge is -2.15. The van der Waals surface area contributed by atoms with Gasteiger partial charge in [0.05, 0.1) is 34.4 Å². The Labute approximate surface area is 195 Å². The molecule has 0 aliphatic carbocycles. The van der Waals surface area contributed by atoms with Crippen LogP contribution >= 0.6 is 27.5 Å². The molecule has 0 fully saturated rings. The molecule has 6 heteroatoms. The summed E-state index contributed by atoms with van der Waals surface area (Å²) in [5.74, 6) is 1.11. The normalized spacial score (nSPS) is 10.8. The zero-order valence-corrected chi connectivity index (χ0v) is 19.1. The van der Waals surface area contributed by atoms with E-state index < -0.39 is 0 Å². The van der Waals surface area contributed by atoms with Gasteiger partial charge in [-0.1, -0.05) is 41.9 Å². The maximum Gasteiger partial charge on any atom is 0.175 e. The van der Waals surface area contributed by atoms with Crippen molar-refractivity contribution < 1.29 is 9.47 Å². The number of hydrogen-bond donors (Lipinski definition) is 0. The SMILES string of the molecule is CCOc1cc(/C=C(/C#N)c2cccc(C#N)c2)cc(Br)c1OCc1ccccc1Cl. The number of allylic oxidation sites excluding steroid dienone is 1. The average Bonchev–Trinajstić information content (AvgIpc) is 2.78. The standard InChI is InChI=1S/C25H18BrClN2O2/c1-2-30-24-13-18(11-21(15-29)19-8-5-6-17(10-19)14-28)12-22(26)25(24)31-16-20-7-3-4-9-23(20)27/h3-13H,2,16H2,1H3/b21-11-. The predicted octanol–water partition coefficient (Wildman–Crippen LogP) is 7.02. The fraction of sp³-hybridized carbons (Fsp3) is 0.120. The van der Waals surface area contributed by atoms with Gasteiger partial charge in [-0.05, 0) is 70.4 Å². The van der Waals surface area contributed by atoms with Crippen molar-refractivity contribution in [2.45, 2.75) is 13.5 Å². The van der Waals surface area contributed by atoms with E-state index in [1.807, 2.05) is 43.3 Å². The van der Waals surface area contributed by atoms with Crippen LogP contribution in [0.5, 0.6) is 11.5 Å². The zero-order chi connectivity index (χ0) is 22.2. The number of ether oxygens (including phenoxy) is 2. The quantitative estimate of drug-likeness (QED) is 0.262. The summed E-state index contributed by atoms with van der Waals surface area (Å²) in [6, 6.07) is 22.4. The third kappa shape index (κ3) is 5.67. The largest absolute Gasteiger partial charge is 0.490 e. The number of rotatable bonds is 7. The first kappa shape index (κ1) is 22.4. The van der Waals surface area contributed by atoms with Gasteiger partial charge in [0.15, 0.2) is 11.5 Å². The summed E-state index contributed by atoms with van der Waals surface area (Å²) in [4.78, 5) is 0. The Hall–Kier alpha value is -3.25. The van der Waals surface area contributed by atoms with E-state index in [9.17, 15) is 5.26 Å². The Morgan fingerprint density at radius 2 is 1.87 bits per heavy atom. The van der Waals surface area contributed by atoms with Crippen molar-refractivity contribution in [3.05, 3.63) is 92.4 Å². The van der Waals surface area contributed by atoms with E-state index in [1.54, 1.807) is 30.3 Å². The Bertz CT molecular complexity index is 1210. The third-order valence-electron chi connectivity index (χ3n) is 4.40. The minimum Gasteiger partial charge on any atom is -0.490 e. The number of hydrogen-bond acceptors (Lipinski definition) is 4. The molecule has 31 heavy (non-hydrogen) atoms. The van der Waals surface area contributed by atoms with Crippen LogP contribution in [0.25, 0.3) is 11.6 Å². The zero-order valence-electron chi connectivity index (χ0n) is 16.7. The number of nitrogens with zero attached hydrogens (tertiary/aromatic N) is 2. The van der Waals surface area contributed by atoms with Crippen molar-refractivity contribution in [3.8, 4) is 23.6 Å². The topological polar surface area (TPSA) is 66.0 Å². The van der Waals surface area contributed by atoms with Gasteiger partial charge in [-0.3, -0.25) is 0 Å².